The average molecular weight is 604 g/mol. The predicted molar refractivity (Wildman–Crippen MR) is 144 cm³/mol. The molecular weight excluding hydrogens is 574 g/mol. The van der Waals surface area contributed by atoms with Crippen LogP contribution in [0.5, 0.6) is 0 Å². The Kier molecular flexibility index (Phi) is 9.46. The minimum absolute atomic E-state index is 0.00829. The molecule has 3 unspecified atom stereocenters. The number of hydrogen-bond donors (Lipinski definition) is 10. The molecule has 1 aliphatic carbocycles. The highest BCUT2D eigenvalue weighted by molar-refractivity contribution is 5.97. The van der Waals surface area contributed by atoms with E-state index in [2.05, 4.69) is 30.6 Å². The zero-order chi connectivity index (χ0) is 31.4. The Labute approximate surface area is 241 Å². The van der Waals surface area contributed by atoms with E-state index in [0.29, 0.717) is 11.4 Å². The number of nitrogens with one attached hydrogen (secondary N) is 3. The molecule has 0 saturated heterocycles. The highest BCUT2D eigenvalue weighted by Crippen LogP contribution is 2.24. The Hall–Kier alpha value is -4.75. The van der Waals surface area contributed by atoms with E-state index in [1.165, 1.54) is 30.5 Å². The van der Waals surface area contributed by atoms with Crippen molar-refractivity contribution in [2.45, 2.75) is 62.1 Å². The van der Waals surface area contributed by atoms with Crippen LogP contribution >= 0.6 is 0 Å². The maximum Gasteiger partial charge on any atom is 0.329 e. The normalized spacial score (nSPS) is 24.2. The van der Waals surface area contributed by atoms with Crippen molar-refractivity contribution < 1.29 is 49.8 Å². The summed E-state index contributed by atoms with van der Waals surface area (Å²) in [5.74, 6) is -3.41. The summed E-state index contributed by atoms with van der Waals surface area (Å²) in [6.07, 6.45) is -11.2. The number of hydrogen-bond acceptors (Lipinski definition) is 15. The first-order chi connectivity index (χ1) is 20.3. The summed E-state index contributed by atoms with van der Waals surface area (Å²) >= 11 is 0. The fourth-order valence-corrected chi connectivity index (χ4v) is 4.30. The number of benzene rings is 1. The Morgan fingerprint density at radius 2 is 1.60 bits per heavy atom. The van der Waals surface area contributed by atoms with E-state index >= 15 is 0 Å². The van der Waals surface area contributed by atoms with Gasteiger partial charge in [0.25, 0.3) is 11.5 Å². The van der Waals surface area contributed by atoms with Crippen molar-refractivity contribution in [3.05, 3.63) is 52.1 Å². The molecule has 7 atom stereocenters. The van der Waals surface area contributed by atoms with E-state index in [4.69, 9.17) is 15.6 Å². The minimum Gasteiger partial charge on any atom is -0.481 e. The van der Waals surface area contributed by atoms with E-state index in [9.17, 15) is 44.7 Å². The van der Waals surface area contributed by atoms with Gasteiger partial charge in [-0.05, 0) is 30.7 Å². The van der Waals surface area contributed by atoms with Crippen molar-refractivity contribution in [3.8, 4) is 0 Å². The number of H-pyrrole nitrogens is 1. The summed E-state index contributed by atoms with van der Waals surface area (Å²) in [5, 5.41) is 64.2. The van der Waals surface area contributed by atoms with Gasteiger partial charge < -0.3 is 51.7 Å². The van der Waals surface area contributed by atoms with Gasteiger partial charge in [0.2, 0.25) is 5.95 Å². The number of esters is 1. The topological polar surface area (TPSA) is 303 Å². The third kappa shape index (κ3) is 7.19. The number of aliphatic carboxylic acids is 1. The number of nitrogen functional groups attached to an aromatic ring is 1. The summed E-state index contributed by atoms with van der Waals surface area (Å²) in [4.78, 5) is 63.4. The molecule has 3 aromatic rings. The number of aromatic nitrogens is 4. The quantitative estimate of drug-likeness (QED) is 0.101. The zero-order valence-corrected chi connectivity index (χ0v) is 22.2. The number of carboxylic acids is 1. The molecule has 0 radical (unpaired) electrons. The fraction of sp³-hybridized carbons (Fsp3) is 0.400. The lowest BCUT2D eigenvalue weighted by atomic mass is 9.85. The molecule has 11 N–H and O–H groups in total. The Morgan fingerprint density at radius 1 is 0.977 bits per heavy atom. The molecule has 4 rings (SSSR count). The highest BCUT2D eigenvalue weighted by Gasteiger charge is 2.50. The summed E-state index contributed by atoms with van der Waals surface area (Å²) in [5.41, 5.74) is 6.08. The number of carboxylic acid groups (broad SMARTS) is 1. The first-order valence-electron chi connectivity index (χ1n) is 12.8. The van der Waals surface area contributed by atoms with Crippen LogP contribution < -0.4 is 21.9 Å². The Morgan fingerprint density at radius 3 is 2.23 bits per heavy atom. The highest BCUT2D eigenvalue weighted by atomic mass is 16.6. The lowest BCUT2D eigenvalue weighted by molar-refractivity contribution is -0.234. The van der Waals surface area contributed by atoms with Crippen LogP contribution in [-0.4, -0.2) is 111 Å². The van der Waals surface area contributed by atoms with Crippen molar-refractivity contribution in [2.75, 3.05) is 11.1 Å². The second-order valence-corrected chi connectivity index (χ2v) is 9.73. The molecule has 1 saturated carbocycles. The molecule has 0 aliphatic heterocycles. The number of fused-ring (bicyclic) bond motifs is 1. The number of amides is 1. The van der Waals surface area contributed by atoms with Crippen LogP contribution in [0, 0.1) is 0 Å². The number of aromatic amines is 1. The number of aliphatic hydroxyl groups excluding tert-OH is 5. The van der Waals surface area contributed by atoms with Crippen LogP contribution in [0.1, 0.15) is 28.9 Å². The lowest BCUT2D eigenvalue weighted by Gasteiger charge is -2.41. The van der Waals surface area contributed by atoms with Crippen LogP contribution in [0.25, 0.3) is 11.2 Å². The SMILES string of the molecule is Nc1nc2ncc(CNc3ccc(C(=O)NC(CCC(=O)O)C(=O)OC4[C@@H](O)[C@H](O)C(O)[C@H](O)[C@@H]4O)cc3)nc2c(=O)[nH]1. The maximum atomic E-state index is 12.9. The van der Waals surface area contributed by atoms with Crippen molar-refractivity contribution in [1.82, 2.24) is 25.3 Å². The molecule has 1 aliphatic rings. The minimum atomic E-state index is -1.98. The standard InChI is InChI=1S/C25H29N7O11/c26-25-31-21-14(23(41)32-25)29-11(8-28-21)7-27-10-3-1-9(2-4-10)22(40)30-12(5-6-13(33)34)24(42)43-20-18(38)16(36)15(35)17(37)19(20)39/h1-4,8,12,15-20,27,35-39H,5-7H2,(H,30,40)(H,33,34)(H3,26,28,31,32,41)/t12?,15?,16-,17+,18-,19-,20?/m0/s1. The number of carbonyl (C=O) groups is 3. The second kappa shape index (κ2) is 13.0. The molecule has 43 heavy (non-hydrogen) atoms. The van der Waals surface area contributed by atoms with Gasteiger partial charge in [-0.2, -0.15) is 4.98 Å². The molecular formula is C25H29N7O11. The van der Waals surface area contributed by atoms with Crippen LogP contribution in [0.2, 0.25) is 0 Å². The average Bonchev–Trinajstić information content (AvgIpc) is 2.98. The summed E-state index contributed by atoms with van der Waals surface area (Å²) < 4.78 is 5.04. The largest absolute Gasteiger partial charge is 0.481 e. The molecule has 1 amide bonds. The van der Waals surface area contributed by atoms with Gasteiger partial charge >= 0.3 is 11.9 Å². The molecule has 1 fully saturated rings. The summed E-state index contributed by atoms with van der Waals surface area (Å²) in [7, 11) is 0. The van der Waals surface area contributed by atoms with Crippen LogP contribution in [-0.2, 0) is 20.9 Å². The monoisotopic (exact) mass is 603 g/mol. The van der Waals surface area contributed by atoms with Gasteiger partial charge in [-0.3, -0.25) is 19.4 Å². The number of ether oxygens (including phenoxy) is 1. The Bertz CT molecular complexity index is 1530. The third-order valence-electron chi connectivity index (χ3n) is 6.67. The van der Waals surface area contributed by atoms with Crippen LogP contribution in [0.15, 0.2) is 35.3 Å². The fourth-order valence-electron chi connectivity index (χ4n) is 4.30. The first kappa shape index (κ1) is 31.2. The smallest absolute Gasteiger partial charge is 0.329 e. The maximum absolute atomic E-state index is 12.9. The molecule has 230 valence electrons. The lowest BCUT2D eigenvalue weighted by Crippen LogP contribution is -2.65. The van der Waals surface area contributed by atoms with E-state index in [-0.39, 0.29) is 29.2 Å². The third-order valence-corrected chi connectivity index (χ3v) is 6.67. The summed E-state index contributed by atoms with van der Waals surface area (Å²) in [6.45, 7) is 0.153. The Balaban J connectivity index is 1.40. The van der Waals surface area contributed by atoms with Gasteiger partial charge in [0, 0.05) is 17.7 Å². The molecule has 1 aromatic carbocycles. The van der Waals surface area contributed by atoms with E-state index < -0.39 is 78.9 Å². The van der Waals surface area contributed by atoms with Crippen molar-refractivity contribution >= 4 is 40.6 Å². The van der Waals surface area contributed by atoms with E-state index in [1.54, 1.807) is 0 Å². The zero-order valence-electron chi connectivity index (χ0n) is 22.2. The van der Waals surface area contributed by atoms with Gasteiger partial charge in [0.15, 0.2) is 17.3 Å². The van der Waals surface area contributed by atoms with Crippen molar-refractivity contribution in [1.29, 1.82) is 0 Å². The van der Waals surface area contributed by atoms with Crippen molar-refractivity contribution in [3.63, 3.8) is 0 Å². The first-order valence-corrected chi connectivity index (χ1v) is 12.8. The predicted octanol–water partition coefficient (Wildman–Crippen LogP) is -3.40. The van der Waals surface area contributed by atoms with Gasteiger partial charge in [0.05, 0.1) is 18.4 Å². The number of nitrogens with zero attached hydrogens (tertiary/aromatic N) is 3. The van der Waals surface area contributed by atoms with E-state index in [0.717, 1.165) is 0 Å². The molecule has 0 spiro atoms. The van der Waals surface area contributed by atoms with Crippen molar-refractivity contribution in [2.24, 2.45) is 0 Å². The number of rotatable bonds is 10. The number of carbonyl (C=O) groups excluding carboxylic acids is 2. The second-order valence-electron chi connectivity index (χ2n) is 9.73. The summed E-state index contributed by atoms with van der Waals surface area (Å²) in [6, 6.07) is 4.33. The number of nitrogens with two attached hydrogens (primary N) is 1. The van der Waals surface area contributed by atoms with Gasteiger partial charge in [-0.15, -0.1) is 0 Å². The molecule has 0 bridgehead atoms. The molecule has 2 heterocycles. The van der Waals surface area contributed by atoms with Gasteiger partial charge in [0.1, 0.15) is 36.6 Å². The molecule has 18 heteroatoms. The van der Waals surface area contributed by atoms with E-state index in [1.807, 2.05) is 0 Å². The number of anilines is 2. The van der Waals surface area contributed by atoms with Crippen LogP contribution in [0.4, 0.5) is 11.6 Å². The number of aliphatic hydroxyl groups is 5. The molecule has 18 nitrogen and oxygen atoms in total. The van der Waals surface area contributed by atoms with Gasteiger partial charge in [-0.1, -0.05) is 0 Å². The van der Waals surface area contributed by atoms with Crippen LogP contribution in [0.3, 0.4) is 0 Å². The molecule has 2 aromatic heterocycles. The van der Waals surface area contributed by atoms with Gasteiger partial charge in [-0.25, -0.2) is 14.8 Å².